The molecule has 1 fully saturated rings. The smallest absolute Gasteiger partial charge is 0.0752 e. The second-order valence-electron chi connectivity index (χ2n) is 4.94. The standard InChI is InChI=1S/C12H21N3/c1-10(2)11-4-6-15(7-5-11)12-8-13-14(3)9-12/h8-11H,4-7H2,1-3H3. The van der Waals surface area contributed by atoms with Crippen molar-refractivity contribution in [3.63, 3.8) is 0 Å². The minimum Gasteiger partial charge on any atom is -0.369 e. The molecule has 0 amide bonds. The minimum atomic E-state index is 0.834. The van der Waals surface area contributed by atoms with E-state index in [2.05, 4.69) is 30.0 Å². The Labute approximate surface area is 92.1 Å². The van der Waals surface area contributed by atoms with E-state index in [0.29, 0.717) is 0 Å². The zero-order valence-corrected chi connectivity index (χ0v) is 9.98. The number of hydrogen-bond donors (Lipinski definition) is 0. The van der Waals surface area contributed by atoms with Gasteiger partial charge in [0.2, 0.25) is 0 Å². The molecule has 1 aliphatic heterocycles. The molecule has 1 aliphatic rings. The fourth-order valence-electron chi connectivity index (χ4n) is 2.40. The van der Waals surface area contributed by atoms with Crippen LogP contribution in [0.5, 0.6) is 0 Å². The first-order valence-electron chi connectivity index (χ1n) is 5.90. The maximum absolute atomic E-state index is 4.22. The summed E-state index contributed by atoms with van der Waals surface area (Å²) in [6, 6.07) is 0. The van der Waals surface area contributed by atoms with Gasteiger partial charge >= 0.3 is 0 Å². The predicted molar refractivity (Wildman–Crippen MR) is 63.0 cm³/mol. The van der Waals surface area contributed by atoms with Crippen LogP contribution in [-0.2, 0) is 7.05 Å². The third-order valence-electron chi connectivity index (χ3n) is 3.54. The highest BCUT2D eigenvalue weighted by Gasteiger charge is 2.21. The van der Waals surface area contributed by atoms with Gasteiger partial charge in [-0.1, -0.05) is 13.8 Å². The van der Waals surface area contributed by atoms with E-state index in [9.17, 15) is 0 Å². The lowest BCUT2D eigenvalue weighted by molar-refractivity contribution is 0.311. The van der Waals surface area contributed by atoms with Gasteiger partial charge in [-0.2, -0.15) is 5.10 Å². The Morgan fingerprint density at radius 1 is 1.33 bits per heavy atom. The first kappa shape index (κ1) is 10.5. The molecule has 0 aromatic carbocycles. The van der Waals surface area contributed by atoms with Crippen molar-refractivity contribution >= 4 is 5.69 Å². The summed E-state index contributed by atoms with van der Waals surface area (Å²) < 4.78 is 1.88. The molecular formula is C12H21N3. The molecule has 1 aromatic rings. The third-order valence-corrected chi connectivity index (χ3v) is 3.54. The zero-order chi connectivity index (χ0) is 10.8. The highest BCUT2D eigenvalue weighted by molar-refractivity contribution is 5.42. The van der Waals surface area contributed by atoms with E-state index in [1.165, 1.54) is 31.6 Å². The lowest BCUT2D eigenvalue weighted by Crippen LogP contribution is -2.34. The van der Waals surface area contributed by atoms with Crippen LogP contribution in [0.1, 0.15) is 26.7 Å². The van der Waals surface area contributed by atoms with E-state index in [0.717, 1.165) is 11.8 Å². The summed E-state index contributed by atoms with van der Waals surface area (Å²) in [5.41, 5.74) is 1.28. The molecular weight excluding hydrogens is 186 g/mol. The van der Waals surface area contributed by atoms with Crippen molar-refractivity contribution in [3.05, 3.63) is 12.4 Å². The maximum Gasteiger partial charge on any atom is 0.0752 e. The lowest BCUT2D eigenvalue weighted by atomic mass is 9.87. The van der Waals surface area contributed by atoms with Gasteiger partial charge in [0.25, 0.3) is 0 Å². The average Bonchev–Trinajstić information content (AvgIpc) is 2.65. The number of rotatable bonds is 2. The summed E-state index contributed by atoms with van der Waals surface area (Å²) in [4.78, 5) is 2.45. The minimum absolute atomic E-state index is 0.834. The van der Waals surface area contributed by atoms with Gasteiger partial charge in [0, 0.05) is 26.3 Å². The van der Waals surface area contributed by atoms with Crippen molar-refractivity contribution in [1.82, 2.24) is 9.78 Å². The number of hydrogen-bond acceptors (Lipinski definition) is 2. The summed E-state index contributed by atoms with van der Waals surface area (Å²) in [6.07, 6.45) is 6.73. The summed E-state index contributed by atoms with van der Waals surface area (Å²) >= 11 is 0. The van der Waals surface area contributed by atoms with Crippen molar-refractivity contribution in [2.24, 2.45) is 18.9 Å². The van der Waals surface area contributed by atoms with Crippen molar-refractivity contribution in [2.45, 2.75) is 26.7 Å². The Balaban J connectivity index is 1.93. The predicted octanol–water partition coefficient (Wildman–Crippen LogP) is 2.29. The fourth-order valence-corrected chi connectivity index (χ4v) is 2.40. The Bertz CT molecular complexity index is 308. The third kappa shape index (κ3) is 2.33. The second-order valence-corrected chi connectivity index (χ2v) is 4.94. The summed E-state index contributed by atoms with van der Waals surface area (Å²) in [5, 5.41) is 4.22. The van der Waals surface area contributed by atoms with Crippen LogP contribution >= 0.6 is 0 Å². The van der Waals surface area contributed by atoms with Gasteiger partial charge in [-0.15, -0.1) is 0 Å². The molecule has 0 spiro atoms. The van der Waals surface area contributed by atoms with E-state index in [4.69, 9.17) is 0 Å². The molecule has 15 heavy (non-hydrogen) atoms. The molecule has 2 rings (SSSR count). The molecule has 1 aromatic heterocycles. The Morgan fingerprint density at radius 2 is 2.00 bits per heavy atom. The molecule has 0 unspecified atom stereocenters. The monoisotopic (exact) mass is 207 g/mol. The second kappa shape index (κ2) is 4.25. The van der Waals surface area contributed by atoms with Gasteiger partial charge in [-0.05, 0) is 24.7 Å². The Hall–Kier alpha value is -0.990. The van der Waals surface area contributed by atoms with E-state index in [-0.39, 0.29) is 0 Å². The maximum atomic E-state index is 4.22. The molecule has 1 saturated heterocycles. The Kier molecular flexibility index (Phi) is 2.98. The van der Waals surface area contributed by atoms with Gasteiger partial charge < -0.3 is 4.90 Å². The van der Waals surface area contributed by atoms with Gasteiger partial charge in [0.1, 0.15) is 0 Å². The molecule has 0 atom stereocenters. The largest absolute Gasteiger partial charge is 0.369 e. The van der Waals surface area contributed by atoms with Crippen LogP contribution in [0.3, 0.4) is 0 Å². The first-order chi connectivity index (χ1) is 7.16. The quantitative estimate of drug-likeness (QED) is 0.742. The lowest BCUT2D eigenvalue weighted by Gasteiger charge is -2.34. The van der Waals surface area contributed by atoms with Crippen molar-refractivity contribution < 1.29 is 0 Å². The fraction of sp³-hybridized carbons (Fsp3) is 0.750. The van der Waals surface area contributed by atoms with Gasteiger partial charge in [0.05, 0.1) is 11.9 Å². The topological polar surface area (TPSA) is 21.1 Å². The number of piperidine rings is 1. The van der Waals surface area contributed by atoms with Crippen molar-refractivity contribution in [3.8, 4) is 0 Å². The van der Waals surface area contributed by atoms with Crippen LogP contribution in [0.4, 0.5) is 5.69 Å². The number of aromatic nitrogens is 2. The van der Waals surface area contributed by atoms with Crippen molar-refractivity contribution in [2.75, 3.05) is 18.0 Å². The molecule has 3 heteroatoms. The van der Waals surface area contributed by atoms with Crippen LogP contribution in [0.2, 0.25) is 0 Å². The highest BCUT2D eigenvalue weighted by atomic mass is 15.3. The number of nitrogens with zero attached hydrogens (tertiary/aromatic N) is 3. The SMILES string of the molecule is CC(C)C1CCN(c2cnn(C)c2)CC1. The summed E-state index contributed by atoms with van der Waals surface area (Å²) in [7, 11) is 1.98. The van der Waals surface area contributed by atoms with Gasteiger partial charge in [-0.25, -0.2) is 0 Å². The van der Waals surface area contributed by atoms with Crippen LogP contribution in [0.25, 0.3) is 0 Å². The number of anilines is 1. The number of aryl methyl sites for hydroxylation is 1. The Morgan fingerprint density at radius 3 is 2.47 bits per heavy atom. The van der Waals surface area contributed by atoms with E-state index in [1.54, 1.807) is 0 Å². The van der Waals surface area contributed by atoms with Gasteiger partial charge in [-0.3, -0.25) is 4.68 Å². The van der Waals surface area contributed by atoms with Gasteiger partial charge in [0.15, 0.2) is 0 Å². The van der Waals surface area contributed by atoms with E-state index in [1.807, 2.05) is 17.9 Å². The first-order valence-corrected chi connectivity index (χ1v) is 5.90. The van der Waals surface area contributed by atoms with E-state index < -0.39 is 0 Å². The average molecular weight is 207 g/mol. The highest BCUT2D eigenvalue weighted by Crippen LogP contribution is 2.27. The summed E-state index contributed by atoms with van der Waals surface area (Å²) in [6.45, 7) is 7.05. The van der Waals surface area contributed by atoms with Crippen LogP contribution in [0.15, 0.2) is 12.4 Å². The molecule has 2 heterocycles. The molecule has 0 saturated carbocycles. The van der Waals surface area contributed by atoms with Crippen LogP contribution < -0.4 is 4.90 Å². The molecule has 0 bridgehead atoms. The van der Waals surface area contributed by atoms with E-state index >= 15 is 0 Å². The van der Waals surface area contributed by atoms with Crippen molar-refractivity contribution in [1.29, 1.82) is 0 Å². The molecule has 0 radical (unpaired) electrons. The normalized spacial score (nSPS) is 18.8. The summed E-state index contributed by atoms with van der Waals surface area (Å²) in [5.74, 6) is 1.75. The molecule has 0 N–H and O–H groups in total. The molecule has 0 aliphatic carbocycles. The molecule has 3 nitrogen and oxygen atoms in total. The molecule has 84 valence electrons. The zero-order valence-electron chi connectivity index (χ0n) is 9.98. The van der Waals surface area contributed by atoms with Crippen LogP contribution in [0, 0.1) is 11.8 Å². The van der Waals surface area contributed by atoms with Crippen LogP contribution in [-0.4, -0.2) is 22.9 Å².